The average molecular weight is 1010 g/mol. The predicted molar refractivity (Wildman–Crippen MR) is 271 cm³/mol. The fraction of sp³-hybridized carbons (Fsp3) is 0.564. The van der Waals surface area contributed by atoms with Gasteiger partial charge in [0.25, 0.3) is 11.7 Å². The molecule has 8 rings (SSSR count). The van der Waals surface area contributed by atoms with Crippen LogP contribution in [0.25, 0.3) is 10.8 Å². The van der Waals surface area contributed by atoms with Gasteiger partial charge in [-0.2, -0.15) is 0 Å². The fourth-order valence-electron chi connectivity index (χ4n) is 10.6. The number of fused-ring (bicyclic) bond motifs is 13. The van der Waals surface area contributed by atoms with Crippen molar-refractivity contribution in [3.63, 3.8) is 0 Å². The number of likely N-dealkylation sites (N-methyl/N-ethyl adjacent to an activating group) is 1. The fourth-order valence-corrected chi connectivity index (χ4v) is 10.6. The number of esters is 2. The Bertz CT molecular complexity index is 2770. The van der Waals surface area contributed by atoms with Gasteiger partial charge in [0, 0.05) is 93.0 Å². The number of carbonyl (C=O) groups is 4. The number of ether oxygens (including phenoxy) is 5. The lowest BCUT2D eigenvalue weighted by Crippen LogP contribution is -2.47. The van der Waals surface area contributed by atoms with Gasteiger partial charge in [-0.05, 0) is 39.3 Å². The van der Waals surface area contributed by atoms with Gasteiger partial charge in [-0.1, -0.05) is 65.3 Å². The summed E-state index contributed by atoms with van der Waals surface area (Å²) >= 11 is 0. The smallest absolute Gasteiger partial charge is 0.336 e. The molecule has 5 N–H and O–H groups in total. The Labute approximate surface area is 426 Å². The van der Waals surface area contributed by atoms with Crippen LogP contribution in [0.4, 0.5) is 5.69 Å². The zero-order valence-electron chi connectivity index (χ0n) is 43.3. The largest absolute Gasteiger partial charge is 0.507 e. The maximum Gasteiger partial charge on any atom is 0.336 e. The predicted octanol–water partition coefficient (Wildman–Crippen LogP) is 4.54. The Morgan fingerprint density at radius 1 is 0.986 bits per heavy atom. The first kappa shape index (κ1) is 54.7. The van der Waals surface area contributed by atoms with Crippen LogP contribution in [0.3, 0.4) is 0 Å². The van der Waals surface area contributed by atoms with E-state index < -0.39 is 94.7 Å². The van der Waals surface area contributed by atoms with Gasteiger partial charge in [0.1, 0.15) is 34.8 Å². The number of aliphatic hydroxyl groups is 2. The SMILES string of the molecule is C#C[C@H]1[C@@H](OC(=O)CCC(=O)OC2CCN(C)C2)[C@H](C)[C@H](O)[C@H](C)[C@@H](O)[C@@H](C)/C=C/C=C(/C)C(=O)Nc2c(O)c3c(O)c(C)c4c(c3c3c2=NC2(CCN(CC(C)C)CC2)N=3)C(=O)[C@@](C=C)(O/C=C/[C@@H]1OC)O4. The second-order valence-corrected chi connectivity index (χ2v) is 20.8. The number of piperidine rings is 1. The maximum atomic E-state index is 15.1. The monoisotopic (exact) mass is 1010 g/mol. The molecule has 10 atom stereocenters. The van der Waals surface area contributed by atoms with Crippen LogP contribution in [0.1, 0.15) is 89.6 Å². The molecule has 1 spiro atoms. The topological polar surface area (TPSA) is 239 Å². The number of amides is 1. The summed E-state index contributed by atoms with van der Waals surface area (Å²) in [5.41, 5.74) is -0.930. The van der Waals surface area contributed by atoms with Gasteiger partial charge >= 0.3 is 17.7 Å². The molecule has 6 heterocycles. The minimum Gasteiger partial charge on any atom is -0.507 e. The minimum atomic E-state index is -2.26. The summed E-state index contributed by atoms with van der Waals surface area (Å²) in [7, 11) is 3.28. The zero-order valence-corrected chi connectivity index (χ0v) is 43.3. The van der Waals surface area contributed by atoms with E-state index in [4.69, 9.17) is 40.1 Å². The maximum absolute atomic E-state index is 15.1. The Morgan fingerprint density at radius 3 is 2.27 bits per heavy atom. The highest BCUT2D eigenvalue weighted by molar-refractivity contribution is 6.20. The molecule has 0 radical (unpaired) electrons. The standard InChI is InChI=1S/C55H71N5O13/c1-12-36-37(69-11)20-26-70-55(13-2)52(67)42-40-41(48(65)34(9)51(42)73-55)49(66)45(44-43(40)57-54(58-44)21-24-60(25-22-54)27-29(3)4)56-53(68)31(6)16-14-15-30(5)46(63)32(7)47(64)33(8)50(36)72-39(62)18-17-38(61)71-35-19-23-59(10)28-35/h1,13-16,20,26,29-30,32-33,35-37,46-47,50,63-66H,2,17-19,21-25,27-28H2,3-11H3,(H,56,68)/b15-14+,26-20+,31-16-/t30-,32+,33+,35?,36+,37-,46-,47+,50-,55-/m0/s1. The number of terminal acetylenes is 1. The Morgan fingerprint density at radius 2 is 1.66 bits per heavy atom. The van der Waals surface area contributed by atoms with Crippen molar-refractivity contribution >= 4 is 40.1 Å². The number of nitrogens with one attached hydrogen (secondary N) is 1. The van der Waals surface area contributed by atoms with Crippen LogP contribution in [-0.2, 0) is 33.3 Å². The molecule has 5 bridgehead atoms. The lowest BCUT2D eigenvalue weighted by molar-refractivity contribution is -0.164. The average Bonchev–Trinajstić information content (AvgIpc) is 4.04. The van der Waals surface area contributed by atoms with Crippen molar-refractivity contribution in [2.45, 2.75) is 123 Å². The molecule has 0 saturated carbocycles. The van der Waals surface area contributed by atoms with Crippen LogP contribution < -0.4 is 20.8 Å². The number of rotatable bonds is 9. The quantitative estimate of drug-likeness (QED) is 0.100. The number of aromatic hydroxyl groups is 2. The number of nitrogens with zero attached hydrogens (tertiary/aromatic N) is 4. The molecule has 0 aliphatic carbocycles. The third kappa shape index (κ3) is 10.9. The van der Waals surface area contributed by atoms with Crippen molar-refractivity contribution in [1.82, 2.24) is 9.80 Å². The van der Waals surface area contributed by atoms with E-state index in [-0.39, 0.29) is 68.6 Å². The summed E-state index contributed by atoms with van der Waals surface area (Å²) in [6, 6.07) is 0. The third-order valence-corrected chi connectivity index (χ3v) is 15.0. The van der Waals surface area contributed by atoms with Crippen molar-refractivity contribution < 1.29 is 63.3 Å². The van der Waals surface area contributed by atoms with Crippen molar-refractivity contribution in [3.05, 3.63) is 70.6 Å². The second-order valence-electron chi connectivity index (χ2n) is 20.8. The van der Waals surface area contributed by atoms with E-state index in [1.807, 2.05) is 11.9 Å². The highest BCUT2D eigenvalue weighted by Gasteiger charge is 2.52. The van der Waals surface area contributed by atoms with E-state index in [1.165, 1.54) is 26.2 Å². The van der Waals surface area contributed by atoms with E-state index >= 15 is 4.79 Å². The number of phenols is 2. The molecular formula is C55H71N5O13. The molecule has 2 aromatic carbocycles. The van der Waals surface area contributed by atoms with E-state index in [0.29, 0.717) is 44.8 Å². The number of anilines is 1. The second kappa shape index (κ2) is 22.2. The molecule has 73 heavy (non-hydrogen) atoms. The highest BCUT2D eigenvalue weighted by atomic mass is 16.7. The number of Topliss-reactive ketones (excluding diaryl/α,β-unsaturated/α-hetero) is 1. The van der Waals surface area contributed by atoms with Gasteiger partial charge in [0.15, 0.2) is 11.4 Å². The first-order chi connectivity index (χ1) is 34.6. The summed E-state index contributed by atoms with van der Waals surface area (Å²) in [6.45, 7) is 19.8. The minimum absolute atomic E-state index is 0.0420. The molecule has 6 aliphatic heterocycles. The number of hydrogen-bond acceptors (Lipinski definition) is 17. The summed E-state index contributed by atoms with van der Waals surface area (Å²) in [4.78, 5) is 70.3. The Hall–Kier alpha value is -6.10. The number of ketones is 1. The molecular weight excluding hydrogens is 939 g/mol. The van der Waals surface area contributed by atoms with Crippen molar-refractivity contribution in [2.75, 3.05) is 52.2 Å². The molecule has 6 aliphatic rings. The number of phenolic OH excluding ortho intramolecular Hbond substituents is 2. The first-order valence-corrected chi connectivity index (χ1v) is 25.2. The van der Waals surface area contributed by atoms with Gasteiger partial charge in [-0.15, -0.1) is 6.42 Å². The zero-order chi connectivity index (χ0) is 53.3. The van der Waals surface area contributed by atoms with Crippen molar-refractivity contribution in [3.8, 4) is 29.6 Å². The van der Waals surface area contributed by atoms with Crippen LogP contribution >= 0.6 is 0 Å². The summed E-state index contributed by atoms with van der Waals surface area (Å²) in [6.07, 6.45) is 10.5. The number of methoxy groups -OCH3 is 1. The number of allylic oxidation sites excluding steroid dienone is 2. The normalized spacial score (nSPS) is 31.3. The number of hydrogen-bond donors (Lipinski definition) is 5. The summed E-state index contributed by atoms with van der Waals surface area (Å²) in [5.74, 6) is -6.48. The molecule has 394 valence electrons. The molecule has 18 heteroatoms. The van der Waals surface area contributed by atoms with Gasteiger partial charge in [-0.25, -0.2) is 0 Å². The molecule has 2 fully saturated rings. The van der Waals surface area contributed by atoms with Crippen LogP contribution in [0, 0.1) is 48.9 Å². The summed E-state index contributed by atoms with van der Waals surface area (Å²) < 4.78 is 30.0. The van der Waals surface area contributed by atoms with Crippen LogP contribution in [0.2, 0.25) is 0 Å². The number of carbonyl (C=O) groups excluding carboxylic acids is 4. The lowest BCUT2D eigenvalue weighted by atomic mass is 9.78. The lowest BCUT2D eigenvalue weighted by Gasteiger charge is -2.37. The first-order valence-electron chi connectivity index (χ1n) is 25.2. The van der Waals surface area contributed by atoms with Gasteiger partial charge in [-0.3, -0.25) is 29.2 Å². The van der Waals surface area contributed by atoms with E-state index in [1.54, 1.807) is 39.8 Å². The van der Waals surface area contributed by atoms with Crippen molar-refractivity contribution in [1.29, 1.82) is 0 Å². The molecule has 2 aromatic rings. The number of benzene rings is 2. The number of likely N-dealkylation sites (tertiary alicyclic amines) is 2. The van der Waals surface area contributed by atoms with Crippen LogP contribution in [-0.4, -0.2) is 143 Å². The van der Waals surface area contributed by atoms with Gasteiger partial charge in [0.05, 0.1) is 59.6 Å². The molecule has 1 amide bonds. The van der Waals surface area contributed by atoms with Crippen LogP contribution in [0.15, 0.2) is 58.8 Å². The van der Waals surface area contributed by atoms with E-state index in [2.05, 4.69) is 36.6 Å². The molecule has 0 aromatic heterocycles. The third-order valence-electron chi connectivity index (χ3n) is 15.0. The van der Waals surface area contributed by atoms with E-state index in [0.717, 1.165) is 25.4 Å². The van der Waals surface area contributed by atoms with Crippen LogP contribution in [0.5, 0.6) is 17.2 Å². The van der Waals surface area contributed by atoms with E-state index in [9.17, 15) is 34.8 Å². The Kier molecular flexibility index (Phi) is 16.6. The molecule has 18 nitrogen and oxygen atoms in total. The molecule has 1 unspecified atom stereocenters. The highest BCUT2D eigenvalue weighted by Crippen LogP contribution is 2.50. The number of aliphatic hydroxyl groups excluding tert-OH is 2. The van der Waals surface area contributed by atoms with Gasteiger partial charge in [0.2, 0.25) is 0 Å². The van der Waals surface area contributed by atoms with Gasteiger partial charge < -0.3 is 59.2 Å². The van der Waals surface area contributed by atoms with Crippen molar-refractivity contribution in [2.24, 2.45) is 39.6 Å². The molecule has 2 saturated heterocycles. The summed E-state index contributed by atoms with van der Waals surface area (Å²) in [5, 5.41) is 50.8. The Balaban J connectivity index is 1.32.